The van der Waals surface area contributed by atoms with Crippen LogP contribution < -0.4 is 5.73 Å². The molecule has 2 fully saturated rings. The average Bonchev–Trinajstić information content (AvgIpc) is 2.18. The number of rotatable bonds is 2. The maximum Gasteiger partial charge on any atom is 0.0223 e. The third-order valence-electron chi connectivity index (χ3n) is 3.84. The number of hydrogen-bond acceptors (Lipinski definition) is 3. The van der Waals surface area contributed by atoms with E-state index in [2.05, 4.69) is 23.6 Å². The first-order chi connectivity index (χ1) is 7.16. The Hall–Kier alpha value is -0.120. The number of piperidine rings is 1. The lowest BCUT2D eigenvalue weighted by atomic mass is 9.97. The van der Waals surface area contributed by atoms with E-state index in [4.69, 9.17) is 5.73 Å². The minimum absolute atomic E-state index is 0.308. The van der Waals surface area contributed by atoms with Gasteiger partial charge in [0.1, 0.15) is 0 Å². The van der Waals surface area contributed by atoms with Crippen molar-refractivity contribution in [3.63, 3.8) is 0 Å². The zero-order chi connectivity index (χ0) is 10.8. The van der Waals surface area contributed by atoms with Gasteiger partial charge in [0.05, 0.1) is 0 Å². The molecule has 0 aromatic heterocycles. The minimum atomic E-state index is 0.308. The Morgan fingerprint density at radius 3 is 2.87 bits per heavy atom. The third-order valence-corrected chi connectivity index (χ3v) is 3.84. The fourth-order valence-corrected chi connectivity index (χ4v) is 3.04. The first kappa shape index (κ1) is 11.4. The van der Waals surface area contributed by atoms with Gasteiger partial charge >= 0.3 is 0 Å². The number of nitrogens with two attached hydrogens (primary N) is 1. The lowest BCUT2D eigenvalue weighted by Gasteiger charge is -2.48. The number of fused-ring (bicyclic) bond motifs is 1. The topological polar surface area (TPSA) is 32.5 Å². The molecule has 88 valence electrons. The summed E-state index contributed by atoms with van der Waals surface area (Å²) in [5.41, 5.74) is 5.90. The van der Waals surface area contributed by atoms with E-state index in [1.807, 2.05) is 0 Å². The van der Waals surface area contributed by atoms with E-state index in [0.29, 0.717) is 12.1 Å². The van der Waals surface area contributed by atoms with Crippen LogP contribution in [0.3, 0.4) is 0 Å². The Balaban J connectivity index is 1.92. The molecule has 2 heterocycles. The Morgan fingerprint density at radius 1 is 1.33 bits per heavy atom. The summed E-state index contributed by atoms with van der Waals surface area (Å²) in [6, 6.07) is 1.81. The van der Waals surface area contributed by atoms with Crippen molar-refractivity contribution in [2.24, 2.45) is 5.73 Å². The highest BCUT2D eigenvalue weighted by atomic mass is 15.3. The first-order valence-corrected chi connectivity index (χ1v) is 6.40. The van der Waals surface area contributed by atoms with Gasteiger partial charge in [-0.15, -0.1) is 0 Å². The molecule has 2 saturated heterocycles. The second-order valence-electron chi connectivity index (χ2n) is 5.42. The van der Waals surface area contributed by atoms with Crippen LogP contribution >= 0.6 is 0 Å². The van der Waals surface area contributed by atoms with E-state index >= 15 is 0 Å². The number of nitrogens with zero attached hydrogens (tertiary/aromatic N) is 2. The molecule has 2 aliphatic rings. The Bertz CT molecular complexity index is 205. The van der Waals surface area contributed by atoms with Crippen molar-refractivity contribution in [1.29, 1.82) is 0 Å². The van der Waals surface area contributed by atoms with Gasteiger partial charge in [-0.2, -0.15) is 0 Å². The highest BCUT2D eigenvalue weighted by molar-refractivity contribution is 4.89. The van der Waals surface area contributed by atoms with E-state index in [-0.39, 0.29) is 0 Å². The monoisotopic (exact) mass is 211 g/mol. The number of piperazine rings is 1. The van der Waals surface area contributed by atoms with E-state index < -0.39 is 0 Å². The van der Waals surface area contributed by atoms with Crippen LogP contribution in [0.15, 0.2) is 0 Å². The molecule has 3 nitrogen and oxygen atoms in total. The van der Waals surface area contributed by atoms with Crippen LogP contribution in [0.1, 0.15) is 33.1 Å². The second kappa shape index (κ2) is 4.81. The molecule has 3 heteroatoms. The molecule has 2 N–H and O–H groups in total. The van der Waals surface area contributed by atoms with Crippen molar-refractivity contribution < 1.29 is 0 Å². The summed E-state index contributed by atoms with van der Waals surface area (Å²) in [5, 5.41) is 0. The van der Waals surface area contributed by atoms with Crippen LogP contribution in [-0.2, 0) is 0 Å². The normalized spacial score (nSPS) is 36.2. The van der Waals surface area contributed by atoms with Gasteiger partial charge in [-0.05, 0) is 33.2 Å². The molecule has 2 aliphatic heterocycles. The van der Waals surface area contributed by atoms with E-state index in [0.717, 1.165) is 12.6 Å². The smallest absolute Gasteiger partial charge is 0.0223 e. The Kier molecular flexibility index (Phi) is 3.65. The predicted molar refractivity (Wildman–Crippen MR) is 63.9 cm³/mol. The van der Waals surface area contributed by atoms with Crippen molar-refractivity contribution in [1.82, 2.24) is 9.80 Å². The van der Waals surface area contributed by atoms with Crippen LogP contribution in [0.5, 0.6) is 0 Å². The summed E-state index contributed by atoms with van der Waals surface area (Å²) in [5.74, 6) is 0. The molecule has 3 atom stereocenters. The van der Waals surface area contributed by atoms with Crippen LogP contribution in [0.2, 0.25) is 0 Å². The highest BCUT2D eigenvalue weighted by Crippen LogP contribution is 2.23. The summed E-state index contributed by atoms with van der Waals surface area (Å²) in [7, 11) is 0. The summed E-state index contributed by atoms with van der Waals surface area (Å²) in [6.45, 7) is 9.32. The van der Waals surface area contributed by atoms with Gasteiger partial charge in [-0.25, -0.2) is 0 Å². The standard InChI is InChI=1S/C12H25N3/c1-10(13)7-15-9-12-5-3-4-6-14(12)8-11(15)2/h10-12H,3-9,13H2,1-2H3/t10-,11?,12?/m0/s1. The van der Waals surface area contributed by atoms with Gasteiger partial charge in [0.15, 0.2) is 0 Å². The van der Waals surface area contributed by atoms with Gasteiger partial charge in [0.2, 0.25) is 0 Å². The van der Waals surface area contributed by atoms with Crippen molar-refractivity contribution in [3.05, 3.63) is 0 Å². The summed E-state index contributed by atoms with van der Waals surface area (Å²) in [6.07, 6.45) is 4.21. The largest absolute Gasteiger partial charge is 0.327 e. The fourth-order valence-electron chi connectivity index (χ4n) is 3.04. The Morgan fingerprint density at radius 2 is 2.13 bits per heavy atom. The lowest BCUT2D eigenvalue weighted by Crippen LogP contribution is -2.60. The molecule has 0 bridgehead atoms. The average molecular weight is 211 g/mol. The van der Waals surface area contributed by atoms with Gasteiger partial charge in [0, 0.05) is 37.8 Å². The van der Waals surface area contributed by atoms with Crippen molar-refractivity contribution >= 4 is 0 Å². The van der Waals surface area contributed by atoms with E-state index in [1.165, 1.54) is 38.9 Å². The molecule has 0 amide bonds. The molecule has 2 rings (SSSR count). The van der Waals surface area contributed by atoms with Crippen molar-refractivity contribution in [2.45, 2.75) is 51.2 Å². The summed E-state index contributed by atoms with van der Waals surface area (Å²) >= 11 is 0. The van der Waals surface area contributed by atoms with E-state index in [9.17, 15) is 0 Å². The maximum atomic E-state index is 5.90. The molecular formula is C12H25N3. The molecule has 0 aromatic rings. The van der Waals surface area contributed by atoms with Gasteiger partial charge < -0.3 is 5.73 Å². The first-order valence-electron chi connectivity index (χ1n) is 6.40. The molecule has 0 saturated carbocycles. The third kappa shape index (κ3) is 2.71. The van der Waals surface area contributed by atoms with Crippen molar-refractivity contribution in [2.75, 3.05) is 26.2 Å². The van der Waals surface area contributed by atoms with Gasteiger partial charge in [-0.3, -0.25) is 9.80 Å². The van der Waals surface area contributed by atoms with Crippen LogP contribution in [-0.4, -0.2) is 54.1 Å². The molecular weight excluding hydrogens is 186 g/mol. The van der Waals surface area contributed by atoms with Crippen LogP contribution in [0, 0.1) is 0 Å². The quantitative estimate of drug-likeness (QED) is 0.736. The molecule has 0 aromatic carbocycles. The molecule has 2 unspecified atom stereocenters. The second-order valence-corrected chi connectivity index (χ2v) is 5.42. The zero-order valence-electron chi connectivity index (χ0n) is 10.2. The molecule has 15 heavy (non-hydrogen) atoms. The van der Waals surface area contributed by atoms with E-state index in [1.54, 1.807) is 0 Å². The lowest BCUT2D eigenvalue weighted by molar-refractivity contribution is 0.0134. The summed E-state index contributed by atoms with van der Waals surface area (Å²) < 4.78 is 0. The van der Waals surface area contributed by atoms with Crippen LogP contribution in [0.4, 0.5) is 0 Å². The SMILES string of the molecule is CC1CN2CCCCC2CN1C[C@H](C)N. The van der Waals surface area contributed by atoms with Crippen LogP contribution in [0.25, 0.3) is 0 Å². The summed E-state index contributed by atoms with van der Waals surface area (Å²) in [4.78, 5) is 5.27. The molecule has 0 aliphatic carbocycles. The maximum absolute atomic E-state index is 5.90. The zero-order valence-corrected chi connectivity index (χ0v) is 10.2. The molecule has 0 spiro atoms. The highest BCUT2D eigenvalue weighted by Gasteiger charge is 2.32. The predicted octanol–water partition coefficient (Wildman–Crippen LogP) is 0.892. The molecule has 0 radical (unpaired) electrons. The van der Waals surface area contributed by atoms with Crippen molar-refractivity contribution in [3.8, 4) is 0 Å². The fraction of sp³-hybridized carbons (Fsp3) is 1.00. The van der Waals surface area contributed by atoms with Gasteiger partial charge in [-0.1, -0.05) is 6.42 Å². The number of hydrogen-bond donors (Lipinski definition) is 1. The Labute approximate surface area is 93.6 Å². The van der Waals surface area contributed by atoms with Gasteiger partial charge in [0.25, 0.3) is 0 Å². The minimum Gasteiger partial charge on any atom is -0.327 e.